The Labute approximate surface area is 227 Å². The molecule has 1 aromatic carbocycles. The molecule has 1 aliphatic rings. The molecule has 3 aromatic rings. The molecule has 4 rings (SSSR count). The molecule has 2 aromatic heterocycles. The number of alkyl halides is 3. The maximum Gasteiger partial charge on any atom is 0.396 e. The summed E-state index contributed by atoms with van der Waals surface area (Å²) in [5.41, 5.74) is 5.09. The third-order valence-electron chi connectivity index (χ3n) is 7.48. The minimum absolute atomic E-state index is 0.00153. The summed E-state index contributed by atoms with van der Waals surface area (Å²) in [6.07, 6.45) is -3.68. The average molecular weight is 568 g/mol. The van der Waals surface area contributed by atoms with Crippen molar-refractivity contribution in [1.29, 1.82) is 0 Å². The fourth-order valence-electron chi connectivity index (χ4n) is 5.48. The predicted octanol–water partition coefficient (Wildman–Crippen LogP) is 4.28. The molecule has 14 heteroatoms. The van der Waals surface area contributed by atoms with Crippen LogP contribution in [0.1, 0.15) is 55.9 Å². The number of rotatable bonds is 8. The van der Waals surface area contributed by atoms with Gasteiger partial charge in [-0.1, -0.05) is 12.1 Å². The fraction of sp³-hybridized carbons (Fsp3) is 0.480. The third-order valence-corrected chi connectivity index (χ3v) is 7.64. The van der Waals surface area contributed by atoms with Gasteiger partial charge in [-0.15, -0.1) is 5.10 Å². The molecule has 0 unspecified atom stereocenters. The Kier molecular flexibility index (Phi) is 8.03. The maximum atomic E-state index is 14.6. The number of anilines is 2. The number of halogens is 4. The lowest BCUT2D eigenvalue weighted by Crippen LogP contribution is -2.51. The summed E-state index contributed by atoms with van der Waals surface area (Å²) in [5, 5.41) is 9.71. The van der Waals surface area contributed by atoms with E-state index in [1.54, 1.807) is 6.92 Å². The smallest absolute Gasteiger partial charge is 0.375 e. The van der Waals surface area contributed by atoms with Crippen LogP contribution in [-0.4, -0.2) is 51.7 Å². The summed E-state index contributed by atoms with van der Waals surface area (Å²) < 4.78 is 50.8. The summed E-state index contributed by atoms with van der Waals surface area (Å²) in [6.45, 7) is 1.79. The average Bonchev–Trinajstić information content (AvgIpc) is 3.28. The van der Waals surface area contributed by atoms with Gasteiger partial charge in [0.05, 0.1) is 35.0 Å². The van der Waals surface area contributed by atoms with Crippen LogP contribution in [-0.2, 0) is 14.3 Å². The highest BCUT2D eigenvalue weighted by Crippen LogP contribution is 2.55. The van der Waals surface area contributed by atoms with Crippen molar-refractivity contribution in [3.63, 3.8) is 0 Å². The number of hydrogen-bond donors (Lipinski definition) is 3. The number of nitrogens with one attached hydrogen (secondary N) is 2. The molecule has 0 bridgehead atoms. The Hall–Kier alpha value is -3.45. The quantitative estimate of drug-likeness (QED) is 0.369. The van der Waals surface area contributed by atoms with Crippen molar-refractivity contribution >= 4 is 40.6 Å². The van der Waals surface area contributed by atoms with Gasteiger partial charge in [-0.2, -0.15) is 22.7 Å². The van der Waals surface area contributed by atoms with Crippen LogP contribution in [0.25, 0.3) is 5.78 Å². The number of hydrogen-bond acceptors (Lipinski definition) is 7. The van der Waals surface area contributed by atoms with E-state index in [0.717, 1.165) is 0 Å². The minimum Gasteiger partial charge on any atom is -0.375 e. The van der Waals surface area contributed by atoms with Gasteiger partial charge in [-0.05, 0) is 61.9 Å². The molecule has 0 radical (unpaired) electrons. The lowest BCUT2D eigenvalue weighted by molar-refractivity contribution is -0.189. The molecule has 39 heavy (non-hydrogen) atoms. The van der Waals surface area contributed by atoms with Gasteiger partial charge < -0.3 is 21.1 Å². The summed E-state index contributed by atoms with van der Waals surface area (Å²) >= 11 is 5.94. The van der Waals surface area contributed by atoms with Gasteiger partial charge in [0.25, 0.3) is 5.78 Å². The van der Waals surface area contributed by atoms with Gasteiger partial charge in [0.1, 0.15) is 0 Å². The van der Waals surface area contributed by atoms with Crippen LogP contribution >= 0.6 is 11.6 Å². The summed E-state index contributed by atoms with van der Waals surface area (Å²) in [6, 6.07) is 5.70. The van der Waals surface area contributed by atoms with E-state index in [1.165, 1.54) is 49.1 Å². The first kappa shape index (κ1) is 28.6. The third kappa shape index (κ3) is 5.50. The first-order chi connectivity index (χ1) is 18.4. The molecule has 0 spiro atoms. The monoisotopic (exact) mass is 567 g/mol. The number of primary amides is 1. The minimum atomic E-state index is -4.72. The van der Waals surface area contributed by atoms with Crippen LogP contribution < -0.4 is 16.4 Å². The van der Waals surface area contributed by atoms with E-state index in [-0.39, 0.29) is 42.3 Å². The van der Waals surface area contributed by atoms with E-state index >= 15 is 0 Å². The fourth-order valence-corrected chi connectivity index (χ4v) is 5.63. The first-order valence-corrected chi connectivity index (χ1v) is 12.7. The maximum absolute atomic E-state index is 14.6. The van der Waals surface area contributed by atoms with E-state index in [9.17, 15) is 22.8 Å². The lowest BCUT2D eigenvalue weighted by atomic mass is 9.60. The molecule has 0 saturated heterocycles. The van der Waals surface area contributed by atoms with E-state index in [0.29, 0.717) is 17.1 Å². The molecule has 4 N–H and O–H groups in total. The van der Waals surface area contributed by atoms with Crippen molar-refractivity contribution in [1.82, 2.24) is 24.9 Å². The van der Waals surface area contributed by atoms with Crippen LogP contribution in [0, 0.1) is 11.3 Å². The van der Waals surface area contributed by atoms with Crippen LogP contribution in [0.3, 0.4) is 0 Å². The number of nitrogens with two attached hydrogens (primary N) is 1. The molecule has 1 saturated carbocycles. The number of carbonyl (C=O) groups is 2. The molecule has 2 atom stereocenters. The largest absolute Gasteiger partial charge is 0.396 e. The summed E-state index contributed by atoms with van der Waals surface area (Å²) in [5.74, 6) is -3.65. The van der Waals surface area contributed by atoms with Gasteiger partial charge >= 0.3 is 6.18 Å². The Balaban J connectivity index is 1.69. The second kappa shape index (κ2) is 11.0. The summed E-state index contributed by atoms with van der Waals surface area (Å²) in [7, 11) is 2.83. The zero-order valence-electron chi connectivity index (χ0n) is 21.6. The van der Waals surface area contributed by atoms with Crippen molar-refractivity contribution in [2.75, 3.05) is 19.5 Å². The van der Waals surface area contributed by atoms with E-state index in [4.69, 9.17) is 22.1 Å². The van der Waals surface area contributed by atoms with E-state index < -0.39 is 41.3 Å². The van der Waals surface area contributed by atoms with Crippen molar-refractivity contribution in [3.8, 4) is 0 Å². The number of ether oxygens (including phenoxy) is 1. The standard InChI is InChI=1S/C25H29ClF3N7O3/c1-13(39-3)18-17(12-32-23-34-22(26)35-36(18)23)33-16-6-4-14(5-7-16)19(25(27,28)29)24(21(38)31-2)10-8-15(9-11-24)20(30)37/h4-7,12-13,15,19,33H,8-11H2,1-3H3,(H2,30,37)(H,31,38)/t13-,15?,19-,24?/m0/s1. The highest BCUT2D eigenvalue weighted by Gasteiger charge is 2.58. The zero-order valence-corrected chi connectivity index (χ0v) is 22.3. The molecular weight excluding hydrogens is 539 g/mol. The molecule has 1 aliphatic carbocycles. The van der Waals surface area contributed by atoms with Gasteiger partial charge in [-0.3, -0.25) is 9.59 Å². The Morgan fingerprint density at radius 2 is 1.87 bits per heavy atom. The number of carbonyl (C=O) groups excluding carboxylic acids is 2. The van der Waals surface area contributed by atoms with Gasteiger partial charge in [-0.25, -0.2) is 4.98 Å². The van der Waals surface area contributed by atoms with E-state index in [1.807, 2.05) is 0 Å². The highest BCUT2D eigenvalue weighted by molar-refractivity contribution is 6.28. The van der Waals surface area contributed by atoms with Crippen molar-refractivity contribution in [2.45, 2.75) is 50.8 Å². The second-order valence-electron chi connectivity index (χ2n) is 9.66. The van der Waals surface area contributed by atoms with Crippen LogP contribution in [0.2, 0.25) is 5.28 Å². The van der Waals surface area contributed by atoms with Crippen LogP contribution in [0.15, 0.2) is 30.5 Å². The number of amides is 2. The van der Waals surface area contributed by atoms with E-state index in [2.05, 4.69) is 25.7 Å². The normalized spacial score (nSPS) is 21.4. The van der Waals surface area contributed by atoms with Gasteiger partial charge in [0.2, 0.25) is 17.1 Å². The molecule has 10 nitrogen and oxygen atoms in total. The lowest BCUT2D eigenvalue weighted by Gasteiger charge is -2.44. The highest BCUT2D eigenvalue weighted by atomic mass is 35.5. The molecule has 1 fully saturated rings. The van der Waals surface area contributed by atoms with Crippen LogP contribution in [0.5, 0.6) is 0 Å². The Morgan fingerprint density at radius 3 is 2.41 bits per heavy atom. The molecule has 0 aliphatic heterocycles. The van der Waals surface area contributed by atoms with Crippen molar-refractivity contribution in [3.05, 3.63) is 47.0 Å². The predicted molar refractivity (Wildman–Crippen MR) is 137 cm³/mol. The molecule has 2 amide bonds. The summed E-state index contributed by atoms with van der Waals surface area (Å²) in [4.78, 5) is 32.9. The van der Waals surface area contributed by atoms with Crippen molar-refractivity contribution in [2.24, 2.45) is 17.1 Å². The molecule has 210 valence electrons. The Bertz CT molecular complexity index is 1360. The van der Waals surface area contributed by atoms with Gasteiger partial charge in [0, 0.05) is 25.8 Å². The topological polar surface area (TPSA) is 137 Å². The van der Waals surface area contributed by atoms with Gasteiger partial charge in [0.15, 0.2) is 0 Å². The number of fused-ring (bicyclic) bond motifs is 1. The number of aromatic nitrogens is 4. The van der Waals surface area contributed by atoms with Crippen molar-refractivity contribution < 1.29 is 27.5 Å². The molecular formula is C25H29ClF3N7O3. The Morgan fingerprint density at radius 1 is 1.23 bits per heavy atom. The second-order valence-corrected chi connectivity index (χ2v) is 10.00. The molecule has 2 heterocycles. The number of nitrogens with zero attached hydrogens (tertiary/aromatic N) is 4. The number of benzene rings is 1. The zero-order chi connectivity index (χ0) is 28.5. The van der Waals surface area contributed by atoms with Crippen LogP contribution in [0.4, 0.5) is 24.5 Å². The SMILES string of the molecule is CNC(=O)C1([C@H](c2ccc(Nc3cnc4nc(Cl)nn4c3[C@H](C)OC)cc2)C(F)(F)F)CCC(C(N)=O)CC1. The number of methoxy groups -OCH3 is 1. The first-order valence-electron chi connectivity index (χ1n) is 12.3.